The fourth-order valence-corrected chi connectivity index (χ4v) is 2.54. The molecule has 3 nitrogen and oxygen atoms in total. The first-order chi connectivity index (χ1) is 10.2. The van der Waals surface area contributed by atoms with Gasteiger partial charge in [-0.3, -0.25) is 0 Å². The Balaban J connectivity index is 2.12. The number of rotatable bonds is 3. The number of pyridine rings is 1. The zero-order chi connectivity index (χ0) is 14.8. The second-order valence-corrected chi connectivity index (χ2v) is 5.26. The van der Waals surface area contributed by atoms with Crippen molar-refractivity contribution >= 4 is 22.4 Å². The van der Waals surface area contributed by atoms with Crippen LogP contribution in [0.2, 0.25) is 0 Å². The smallest absolute Gasteiger partial charge is 0.133 e. The summed E-state index contributed by atoms with van der Waals surface area (Å²) >= 11 is 0. The first kappa shape index (κ1) is 13.6. The maximum Gasteiger partial charge on any atom is 0.133 e. The standard InChI is InChI=1S/C18H19N3/c1-13-6-5-7-15(10-13)21(2)18-11-14(12-19)16-8-3-4-9-17(16)20-18/h3-11H,12,19H2,1-2H3. The van der Waals surface area contributed by atoms with Gasteiger partial charge in [-0.2, -0.15) is 0 Å². The summed E-state index contributed by atoms with van der Waals surface area (Å²) in [7, 11) is 2.03. The molecule has 0 spiro atoms. The molecule has 0 aliphatic heterocycles. The predicted octanol–water partition coefficient (Wildman–Crippen LogP) is 3.77. The number of hydrogen-bond donors (Lipinski definition) is 1. The van der Waals surface area contributed by atoms with Crippen LogP contribution in [0.5, 0.6) is 0 Å². The first-order valence-electron chi connectivity index (χ1n) is 7.08. The minimum absolute atomic E-state index is 0.512. The van der Waals surface area contributed by atoms with E-state index in [-0.39, 0.29) is 0 Å². The molecular formula is C18H19N3. The van der Waals surface area contributed by atoms with Gasteiger partial charge >= 0.3 is 0 Å². The average Bonchev–Trinajstić information content (AvgIpc) is 2.53. The van der Waals surface area contributed by atoms with Crippen molar-refractivity contribution in [1.29, 1.82) is 0 Å². The van der Waals surface area contributed by atoms with Crippen molar-refractivity contribution < 1.29 is 0 Å². The van der Waals surface area contributed by atoms with Gasteiger partial charge in [0.2, 0.25) is 0 Å². The zero-order valence-electron chi connectivity index (χ0n) is 12.4. The summed E-state index contributed by atoms with van der Waals surface area (Å²) in [6.45, 7) is 2.61. The summed E-state index contributed by atoms with van der Waals surface area (Å²) in [6.07, 6.45) is 0. The van der Waals surface area contributed by atoms with Crippen molar-refractivity contribution in [2.24, 2.45) is 5.73 Å². The lowest BCUT2D eigenvalue weighted by molar-refractivity contribution is 1.06. The van der Waals surface area contributed by atoms with Crippen LogP contribution in [0.4, 0.5) is 11.5 Å². The molecule has 2 N–H and O–H groups in total. The Kier molecular flexibility index (Phi) is 3.59. The molecule has 0 saturated heterocycles. The highest BCUT2D eigenvalue weighted by atomic mass is 15.2. The number of hydrogen-bond acceptors (Lipinski definition) is 3. The molecule has 0 fully saturated rings. The lowest BCUT2D eigenvalue weighted by Crippen LogP contribution is -2.12. The summed E-state index contributed by atoms with van der Waals surface area (Å²) in [6, 6.07) is 18.6. The van der Waals surface area contributed by atoms with Gasteiger partial charge < -0.3 is 10.6 Å². The molecule has 2 aromatic carbocycles. The van der Waals surface area contributed by atoms with Gasteiger partial charge in [-0.1, -0.05) is 30.3 Å². The van der Waals surface area contributed by atoms with Crippen molar-refractivity contribution in [3.63, 3.8) is 0 Å². The van der Waals surface area contributed by atoms with Gasteiger partial charge in [-0.25, -0.2) is 4.98 Å². The maximum atomic E-state index is 5.90. The summed E-state index contributed by atoms with van der Waals surface area (Å²) in [5.41, 5.74) is 10.4. The van der Waals surface area contributed by atoms with Gasteiger partial charge in [-0.15, -0.1) is 0 Å². The van der Waals surface area contributed by atoms with E-state index in [1.165, 1.54) is 5.56 Å². The Labute approximate surface area is 125 Å². The van der Waals surface area contributed by atoms with Crippen LogP contribution in [-0.2, 0) is 6.54 Å². The molecule has 0 atom stereocenters. The quantitative estimate of drug-likeness (QED) is 0.792. The Morgan fingerprint density at radius 2 is 1.86 bits per heavy atom. The minimum atomic E-state index is 0.512. The number of nitrogens with two attached hydrogens (primary N) is 1. The second kappa shape index (κ2) is 5.54. The van der Waals surface area contributed by atoms with Crippen LogP contribution in [0.3, 0.4) is 0 Å². The molecule has 1 heterocycles. The molecule has 3 heteroatoms. The van der Waals surface area contributed by atoms with Crippen LogP contribution in [0.1, 0.15) is 11.1 Å². The van der Waals surface area contributed by atoms with Gasteiger partial charge in [0.15, 0.2) is 0 Å². The topological polar surface area (TPSA) is 42.1 Å². The molecule has 1 aromatic heterocycles. The third-order valence-electron chi connectivity index (χ3n) is 3.74. The van der Waals surface area contributed by atoms with E-state index in [1.54, 1.807) is 0 Å². The van der Waals surface area contributed by atoms with E-state index in [0.29, 0.717) is 6.54 Å². The van der Waals surface area contributed by atoms with Gasteiger partial charge in [0.1, 0.15) is 5.82 Å². The largest absolute Gasteiger partial charge is 0.329 e. The summed E-state index contributed by atoms with van der Waals surface area (Å²) in [4.78, 5) is 6.86. The predicted molar refractivity (Wildman–Crippen MR) is 88.9 cm³/mol. The van der Waals surface area contributed by atoms with Crippen molar-refractivity contribution in [3.05, 3.63) is 65.7 Å². The second-order valence-electron chi connectivity index (χ2n) is 5.26. The maximum absolute atomic E-state index is 5.90. The van der Waals surface area contributed by atoms with Crippen molar-refractivity contribution in [1.82, 2.24) is 4.98 Å². The van der Waals surface area contributed by atoms with Crippen molar-refractivity contribution in [2.45, 2.75) is 13.5 Å². The molecule has 0 unspecified atom stereocenters. The molecule has 3 rings (SSSR count). The molecule has 0 saturated carbocycles. The molecule has 3 aromatic rings. The molecule has 0 bridgehead atoms. The SMILES string of the molecule is Cc1cccc(N(C)c2cc(CN)c3ccccc3n2)c1. The molecule has 21 heavy (non-hydrogen) atoms. The number of anilines is 2. The monoisotopic (exact) mass is 277 g/mol. The number of benzene rings is 2. The summed E-state index contributed by atoms with van der Waals surface area (Å²) in [5, 5.41) is 1.13. The zero-order valence-corrected chi connectivity index (χ0v) is 12.4. The third-order valence-corrected chi connectivity index (χ3v) is 3.74. The van der Waals surface area contributed by atoms with E-state index in [2.05, 4.69) is 48.2 Å². The summed E-state index contributed by atoms with van der Waals surface area (Å²) in [5.74, 6) is 0.916. The number of para-hydroxylation sites is 1. The highest BCUT2D eigenvalue weighted by Gasteiger charge is 2.09. The number of aromatic nitrogens is 1. The Morgan fingerprint density at radius 3 is 2.62 bits per heavy atom. The van der Waals surface area contributed by atoms with Crippen LogP contribution in [0.15, 0.2) is 54.6 Å². The Morgan fingerprint density at radius 1 is 1.05 bits per heavy atom. The van der Waals surface area contributed by atoms with E-state index in [1.807, 2.05) is 25.2 Å². The highest BCUT2D eigenvalue weighted by Crippen LogP contribution is 2.27. The molecule has 0 amide bonds. The fourth-order valence-electron chi connectivity index (χ4n) is 2.54. The first-order valence-corrected chi connectivity index (χ1v) is 7.08. The van der Waals surface area contributed by atoms with Crippen LogP contribution >= 0.6 is 0 Å². The molecule has 106 valence electrons. The van der Waals surface area contributed by atoms with Crippen LogP contribution in [-0.4, -0.2) is 12.0 Å². The minimum Gasteiger partial charge on any atom is -0.329 e. The van der Waals surface area contributed by atoms with Crippen LogP contribution in [0, 0.1) is 6.92 Å². The average molecular weight is 277 g/mol. The van der Waals surface area contributed by atoms with E-state index in [4.69, 9.17) is 10.7 Å². The number of fused-ring (bicyclic) bond motifs is 1. The molecular weight excluding hydrogens is 258 g/mol. The third kappa shape index (κ3) is 2.60. The molecule has 0 aliphatic rings. The lowest BCUT2D eigenvalue weighted by Gasteiger charge is -2.20. The van der Waals surface area contributed by atoms with Gasteiger partial charge in [0.25, 0.3) is 0 Å². The molecule has 0 aliphatic carbocycles. The van der Waals surface area contributed by atoms with E-state index in [0.717, 1.165) is 28.0 Å². The number of nitrogens with zero attached hydrogens (tertiary/aromatic N) is 2. The summed E-state index contributed by atoms with van der Waals surface area (Å²) < 4.78 is 0. The van der Waals surface area contributed by atoms with Crippen LogP contribution in [0.25, 0.3) is 10.9 Å². The molecule has 0 radical (unpaired) electrons. The van der Waals surface area contributed by atoms with E-state index in [9.17, 15) is 0 Å². The Hall–Kier alpha value is -2.39. The Bertz CT molecular complexity index is 780. The van der Waals surface area contributed by atoms with Gasteiger partial charge in [0.05, 0.1) is 5.52 Å². The van der Waals surface area contributed by atoms with Crippen LogP contribution < -0.4 is 10.6 Å². The normalized spacial score (nSPS) is 10.8. The van der Waals surface area contributed by atoms with Crippen molar-refractivity contribution in [2.75, 3.05) is 11.9 Å². The van der Waals surface area contributed by atoms with E-state index >= 15 is 0 Å². The van der Waals surface area contributed by atoms with Gasteiger partial charge in [-0.05, 0) is 42.3 Å². The van der Waals surface area contributed by atoms with E-state index < -0.39 is 0 Å². The van der Waals surface area contributed by atoms with Gasteiger partial charge in [0, 0.05) is 24.7 Å². The fraction of sp³-hybridized carbons (Fsp3) is 0.167. The highest BCUT2D eigenvalue weighted by molar-refractivity contribution is 5.84. The lowest BCUT2D eigenvalue weighted by atomic mass is 10.1. The van der Waals surface area contributed by atoms with Crippen molar-refractivity contribution in [3.8, 4) is 0 Å². The number of aryl methyl sites for hydroxylation is 1.